The van der Waals surface area contributed by atoms with Crippen LogP contribution in [0.1, 0.15) is 23.7 Å². The molecule has 0 aliphatic carbocycles. The second-order valence-corrected chi connectivity index (χ2v) is 11.4. The van der Waals surface area contributed by atoms with E-state index in [1.807, 2.05) is 49.0 Å². The summed E-state index contributed by atoms with van der Waals surface area (Å²) in [6.07, 6.45) is 1.10. The lowest BCUT2D eigenvalue weighted by molar-refractivity contribution is -0.884. The minimum Gasteiger partial charge on any atom is -1.00 e. The second-order valence-electron chi connectivity index (χ2n) is 10.3. The maximum atomic E-state index is 12.9. The lowest BCUT2D eigenvalue weighted by atomic mass is 10.0. The number of carbonyl (C=O) groups is 1. The Balaban J connectivity index is 0.00000323. The highest BCUT2D eigenvalue weighted by Crippen LogP contribution is 2.49. The third kappa shape index (κ3) is 5.84. The average molecular weight is 575 g/mol. The highest BCUT2D eigenvalue weighted by molar-refractivity contribution is 7.99. The van der Waals surface area contributed by atoms with Gasteiger partial charge >= 0.3 is 5.97 Å². The van der Waals surface area contributed by atoms with E-state index in [2.05, 4.69) is 59.3 Å². The molecule has 1 aromatic heterocycles. The minimum atomic E-state index is -0.313. The van der Waals surface area contributed by atoms with Crippen LogP contribution in [0.5, 0.6) is 0 Å². The Labute approximate surface area is 246 Å². The first-order valence-corrected chi connectivity index (χ1v) is 14.7. The maximum Gasteiger partial charge on any atom is 0.338 e. The normalized spacial score (nSPS) is 15.3. The van der Waals surface area contributed by atoms with E-state index >= 15 is 0 Å². The van der Waals surface area contributed by atoms with E-state index < -0.39 is 0 Å². The number of piperazine rings is 1. The number of hydrogen-bond donors (Lipinski definition) is 1. The van der Waals surface area contributed by atoms with E-state index in [1.165, 1.54) is 47.3 Å². The average Bonchev–Trinajstić information content (AvgIpc) is 2.97. The molecule has 0 radical (unpaired) electrons. The summed E-state index contributed by atoms with van der Waals surface area (Å²) in [6, 6.07) is 24.9. The summed E-state index contributed by atoms with van der Waals surface area (Å²) in [5.74, 6) is -0.313. The minimum absolute atomic E-state index is 0. The van der Waals surface area contributed by atoms with Gasteiger partial charge in [-0.2, -0.15) is 0 Å². The van der Waals surface area contributed by atoms with Gasteiger partial charge in [0.25, 0.3) is 0 Å². The Morgan fingerprint density at radius 2 is 1.70 bits per heavy atom. The lowest BCUT2D eigenvalue weighted by Gasteiger charge is -2.34. The third-order valence-corrected chi connectivity index (χ3v) is 8.83. The van der Waals surface area contributed by atoms with Crippen LogP contribution in [0.4, 0.5) is 11.4 Å². The molecular weight excluding hydrogens is 540 g/mol. The molecule has 1 fully saturated rings. The number of esters is 1. The molecule has 2 aliphatic rings. The topological polar surface area (TPSA) is 50.1 Å². The predicted octanol–water partition coefficient (Wildman–Crippen LogP) is 1.91. The number of anilines is 2. The van der Waals surface area contributed by atoms with Gasteiger partial charge in [0, 0.05) is 46.9 Å². The molecule has 0 saturated carbocycles. The quantitative estimate of drug-likeness (QED) is 0.340. The van der Waals surface area contributed by atoms with Crippen LogP contribution in [0.2, 0.25) is 0 Å². The van der Waals surface area contributed by atoms with Crippen molar-refractivity contribution in [2.24, 2.45) is 0 Å². The van der Waals surface area contributed by atoms with Crippen molar-refractivity contribution >= 4 is 40.0 Å². The molecule has 3 heterocycles. The van der Waals surface area contributed by atoms with Crippen molar-refractivity contribution in [1.82, 2.24) is 9.88 Å². The number of nitrogens with one attached hydrogen (secondary N) is 1. The van der Waals surface area contributed by atoms with Gasteiger partial charge in [-0.1, -0.05) is 48.2 Å². The van der Waals surface area contributed by atoms with E-state index in [-0.39, 0.29) is 18.4 Å². The number of rotatable bonds is 7. The molecule has 0 spiro atoms. The Morgan fingerprint density at radius 3 is 2.52 bits per heavy atom. The van der Waals surface area contributed by atoms with Crippen LogP contribution in [0, 0.1) is 0 Å². The highest BCUT2D eigenvalue weighted by Gasteiger charge is 2.25. The Morgan fingerprint density at radius 1 is 0.950 bits per heavy atom. The molecule has 6 nitrogen and oxygen atoms in total. The Kier molecular flexibility index (Phi) is 8.96. The van der Waals surface area contributed by atoms with Gasteiger partial charge < -0.3 is 26.9 Å². The zero-order valence-corrected chi connectivity index (χ0v) is 24.6. The summed E-state index contributed by atoms with van der Waals surface area (Å²) in [5, 5.41) is 0.814. The van der Waals surface area contributed by atoms with Crippen molar-refractivity contribution in [2.75, 3.05) is 57.8 Å². The van der Waals surface area contributed by atoms with E-state index in [9.17, 15) is 4.79 Å². The van der Waals surface area contributed by atoms with Crippen molar-refractivity contribution in [1.29, 1.82) is 0 Å². The van der Waals surface area contributed by atoms with Crippen LogP contribution in [-0.4, -0.2) is 68.8 Å². The lowest BCUT2D eigenvalue weighted by Crippen LogP contribution is -3.11. The van der Waals surface area contributed by atoms with Gasteiger partial charge in [-0.15, -0.1) is 0 Å². The van der Waals surface area contributed by atoms with Gasteiger partial charge in [-0.05, 0) is 49.7 Å². The number of para-hydroxylation sites is 2. The summed E-state index contributed by atoms with van der Waals surface area (Å²) in [7, 11) is 2.29. The fourth-order valence-corrected chi connectivity index (χ4v) is 6.62. The smallest absolute Gasteiger partial charge is 0.338 e. The SMILES string of the molecule is CCOC(=O)c1cc(-c2ccc3c(c2)N(CCCN2CC[NH+](C)CC2)c2ccccc2S3)nc2ccccc12.[Cl-]. The van der Waals surface area contributed by atoms with Crippen molar-refractivity contribution in [3.63, 3.8) is 0 Å². The zero-order valence-electron chi connectivity index (χ0n) is 23.0. The highest BCUT2D eigenvalue weighted by atomic mass is 35.5. The molecule has 1 N–H and O–H groups in total. The fraction of sp³-hybridized carbons (Fsp3) is 0.312. The van der Waals surface area contributed by atoms with Crippen molar-refractivity contribution in [3.05, 3.63) is 78.4 Å². The van der Waals surface area contributed by atoms with Crippen LogP contribution in [0.3, 0.4) is 0 Å². The Bertz CT molecular complexity index is 1510. The van der Waals surface area contributed by atoms with Gasteiger partial charge in [-0.3, -0.25) is 4.90 Å². The summed E-state index contributed by atoms with van der Waals surface area (Å²) >= 11 is 1.82. The molecule has 0 unspecified atom stereocenters. The summed E-state index contributed by atoms with van der Waals surface area (Å²) in [5.41, 5.74) is 5.59. The first kappa shape index (κ1) is 28.4. The number of quaternary nitrogens is 1. The number of benzene rings is 3. The number of pyridine rings is 1. The maximum absolute atomic E-state index is 12.9. The van der Waals surface area contributed by atoms with Gasteiger partial charge in [0.2, 0.25) is 0 Å². The number of fused-ring (bicyclic) bond motifs is 3. The molecule has 40 heavy (non-hydrogen) atoms. The molecule has 4 aromatic rings. The van der Waals surface area contributed by atoms with Crippen molar-refractivity contribution in [2.45, 2.75) is 23.1 Å². The van der Waals surface area contributed by atoms with E-state index in [1.54, 1.807) is 4.90 Å². The van der Waals surface area contributed by atoms with Gasteiger partial charge in [0.05, 0.1) is 54.9 Å². The van der Waals surface area contributed by atoms with E-state index in [0.717, 1.165) is 41.7 Å². The number of halogens is 1. The Hall–Kier alpha value is -3.10. The largest absolute Gasteiger partial charge is 1.00 e. The van der Waals surface area contributed by atoms with Crippen LogP contribution in [0.15, 0.2) is 82.6 Å². The fourth-order valence-electron chi connectivity index (χ4n) is 5.54. The molecule has 8 heteroatoms. The van der Waals surface area contributed by atoms with Crippen LogP contribution < -0.4 is 22.2 Å². The first-order valence-electron chi connectivity index (χ1n) is 13.9. The van der Waals surface area contributed by atoms with Crippen molar-refractivity contribution < 1.29 is 26.8 Å². The third-order valence-electron chi connectivity index (χ3n) is 7.70. The second kappa shape index (κ2) is 12.6. The number of aromatic nitrogens is 1. The summed E-state index contributed by atoms with van der Waals surface area (Å²) < 4.78 is 5.39. The molecule has 0 amide bonds. The number of nitrogens with zero attached hydrogens (tertiary/aromatic N) is 3. The molecule has 0 bridgehead atoms. The van der Waals surface area contributed by atoms with E-state index in [0.29, 0.717) is 12.2 Å². The summed E-state index contributed by atoms with van der Waals surface area (Å²) in [4.78, 5) is 27.0. The van der Waals surface area contributed by atoms with Gasteiger partial charge in [0.1, 0.15) is 0 Å². The molecule has 2 aliphatic heterocycles. The monoisotopic (exact) mass is 574 g/mol. The zero-order chi connectivity index (χ0) is 26.8. The van der Waals surface area contributed by atoms with Crippen LogP contribution in [-0.2, 0) is 4.74 Å². The number of carbonyl (C=O) groups excluding carboxylic acids is 1. The number of ether oxygens (including phenoxy) is 1. The summed E-state index contributed by atoms with van der Waals surface area (Å²) in [6.45, 7) is 9.04. The van der Waals surface area contributed by atoms with Crippen LogP contribution >= 0.6 is 11.8 Å². The molecule has 3 aromatic carbocycles. The first-order chi connectivity index (χ1) is 19.1. The molecule has 0 atom stereocenters. The predicted molar refractivity (Wildman–Crippen MR) is 158 cm³/mol. The molecule has 6 rings (SSSR count). The number of likely N-dealkylation sites (N-methyl/N-ethyl adjacent to an activating group) is 1. The molecule has 1 saturated heterocycles. The van der Waals surface area contributed by atoms with Crippen LogP contribution in [0.25, 0.3) is 22.2 Å². The van der Waals surface area contributed by atoms with Gasteiger partial charge in [0.15, 0.2) is 0 Å². The molecular formula is C32H35ClN4O2S. The number of hydrogen-bond acceptors (Lipinski definition) is 6. The standard InChI is InChI=1S/C32H34N4O2S.ClH/c1-3-38-32(37)25-22-27(33-26-10-5-4-9-24(25)26)23-13-14-31-29(21-23)36(28-11-6-7-12-30(28)39-31)16-8-15-35-19-17-34(2)18-20-35;/h4-7,9-14,21-22H,3,8,15-20H2,1-2H3;1H. The van der Waals surface area contributed by atoms with Gasteiger partial charge in [-0.25, -0.2) is 9.78 Å². The molecule has 208 valence electrons. The van der Waals surface area contributed by atoms with Crippen molar-refractivity contribution in [3.8, 4) is 11.3 Å². The van der Waals surface area contributed by atoms with E-state index in [4.69, 9.17) is 9.72 Å².